The number of halogens is 1. The van der Waals surface area contributed by atoms with Gasteiger partial charge in [-0.15, -0.1) is 0 Å². The van der Waals surface area contributed by atoms with Gasteiger partial charge in [-0.05, 0) is 75.3 Å². The van der Waals surface area contributed by atoms with E-state index in [1.54, 1.807) is 0 Å². The second-order valence-corrected chi connectivity index (χ2v) is 9.58. The Bertz CT molecular complexity index is 904. The molecule has 0 aliphatic heterocycles. The third-order valence-electron chi connectivity index (χ3n) is 6.59. The van der Waals surface area contributed by atoms with Gasteiger partial charge in [-0.1, -0.05) is 40.4 Å². The van der Waals surface area contributed by atoms with Crippen LogP contribution in [0.25, 0.3) is 0 Å². The lowest BCUT2D eigenvalue weighted by Crippen LogP contribution is -2.30. The number of allylic oxidation sites excluding steroid dienone is 4. The van der Waals surface area contributed by atoms with Crippen LogP contribution in [0.3, 0.4) is 0 Å². The van der Waals surface area contributed by atoms with Crippen LogP contribution in [0.1, 0.15) is 80.3 Å². The standard InChI is InChI=1S/C25H32BrNO2/c1-15-12-16(2)20(24(29)13-15)10-11-23(28)21-14-22(26)18(4)25(17(21)3)27(5)19-8-6-7-9-19/h12,14,19H,6-11,13H2,1-5H3. The van der Waals surface area contributed by atoms with Crippen LogP contribution in [0, 0.1) is 13.8 Å². The van der Waals surface area contributed by atoms with Gasteiger partial charge in [0, 0.05) is 41.7 Å². The number of nitrogens with zero attached hydrogens (tertiary/aromatic N) is 1. The van der Waals surface area contributed by atoms with Gasteiger partial charge in [0.15, 0.2) is 11.6 Å². The third kappa shape index (κ3) is 4.58. The number of carbonyl (C=O) groups excluding carboxylic acids is 2. The molecule has 156 valence electrons. The first-order valence-electron chi connectivity index (χ1n) is 10.7. The lowest BCUT2D eigenvalue weighted by molar-refractivity contribution is -0.115. The zero-order valence-corrected chi connectivity index (χ0v) is 19.9. The summed E-state index contributed by atoms with van der Waals surface area (Å²) >= 11 is 3.68. The van der Waals surface area contributed by atoms with Crippen LogP contribution in [0.2, 0.25) is 0 Å². The maximum Gasteiger partial charge on any atom is 0.163 e. The number of anilines is 1. The molecule has 2 aliphatic rings. The van der Waals surface area contributed by atoms with Crippen LogP contribution in [-0.2, 0) is 4.79 Å². The van der Waals surface area contributed by atoms with E-state index in [2.05, 4.69) is 47.8 Å². The maximum atomic E-state index is 13.2. The van der Waals surface area contributed by atoms with Crippen LogP contribution in [0.4, 0.5) is 5.69 Å². The van der Waals surface area contributed by atoms with Gasteiger partial charge in [0.2, 0.25) is 0 Å². The molecule has 0 unspecified atom stereocenters. The summed E-state index contributed by atoms with van der Waals surface area (Å²) in [5.41, 5.74) is 7.12. The number of rotatable bonds is 6. The topological polar surface area (TPSA) is 37.4 Å². The molecule has 1 fully saturated rings. The number of ketones is 2. The second kappa shape index (κ2) is 8.99. The second-order valence-electron chi connectivity index (χ2n) is 8.73. The Morgan fingerprint density at radius 2 is 1.79 bits per heavy atom. The average Bonchev–Trinajstić information content (AvgIpc) is 3.18. The Balaban J connectivity index is 1.86. The highest BCUT2D eigenvalue weighted by atomic mass is 79.9. The van der Waals surface area contributed by atoms with Crippen molar-refractivity contribution in [3.8, 4) is 0 Å². The van der Waals surface area contributed by atoms with Crippen molar-refractivity contribution >= 4 is 33.2 Å². The summed E-state index contributed by atoms with van der Waals surface area (Å²) in [6.45, 7) is 8.15. The fraction of sp³-hybridized carbons (Fsp3) is 0.520. The lowest BCUT2D eigenvalue weighted by atomic mass is 9.88. The first-order chi connectivity index (χ1) is 13.7. The van der Waals surface area contributed by atoms with E-state index in [9.17, 15) is 9.59 Å². The molecule has 0 atom stereocenters. The van der Waals surface area contributed by atoms with Gasteiger partial charge in [-0.25, -0.2) is 0 Å². The quantitative estimate of drug-likeness (QED) is 0.449. The highest BCUT2D eigenvalue weighted by Crippen LogP contribution is 2.37. The van der Waals surface area contributed by atoms with Gasteiger partial charge in [0.05, 0.1) is 0 Å². The molecular formula is C25H32BrNO2. The molecule has 1 saturated carbocycles. The summed E-state index contributed by atoms with van der Waals surface area (Å²) in [5, 5.41) is 0. The van der Waals surface area contributed by atoms with E-state index in [0.717, 1.165) is 32.3 Å². The summed E-state index contributed by atoms with van der Waals surface area (Å²) < 4.78 is 0.981. The van der Waals surface area contributed by atoms with Crippen molar-refractivity contribution in [2.24, 2.45) is 0 Å². The Hall–Kier alpha value is -1.68. The summed E-state index contributed by atoms with van der Waals surface area (Å²) in [4.78, 5) is 27.9. The Labute approximate surface area is 183 Å². The number of Topliss-reactive ketones (excluding diaryl/α,β-unsaturated/α-hetero) is 2. The SMILES string of the molecule is CC1=CC(C)=C(CCC(=O)c2cc(Br)c(C)c(N(C)C3CCCC3)c2C)C(=O)C1. The fourth-order valence-corrected chi connectivity index (χ4v) is 5.37. The number of hydrogen-bond acceptors (Lipinski definition) is 3. The molecule has 2 aliphatic carbocycles. The van der Waals surface area contributed by atoms with Crippen molar-refractivity contribution in [1.29, 1.82) is 0 Å². The molecule has 1 aromatic rings. The van der Waals surface area contributed by atoms with E-state index in [1.807, 2.05) is 19.9 Å². The first kappa shape index (κ1) is 22.0. The minimum Gasteiger partial charge on any atom is -0.371 e. The molecule has 0 heterocycles. The van der Waals surface area contributed by atoms with Crippen LogP contribution in [0.5, 0.6) is 0 Å². The van der Waals surface area contributed by atoms with Crippen molar-refractivity contribution < 1.29 is 9.59 Å². The van der Waals surface area contributed by atoms with Gasteiger partial charge in [0.1, 0.15) is 0 Å². The Morgan fingerprint density at radius 3 is 2.41 bits per heavy atom. The van der Waals surface area contributed by atoms with E-state index in [1.165, 1.54) is 36.9 Å². The highest BCUT2D eigenvalue weighted by Gasteiger charge is 2.26. The molecule has 3 nitrogen and oxygen atoms in total. The molecule has 3 rings (SSSR count). The minimum atomic E-state index is 0.114. The number of benzene rings is 1. The van der Waals surface area contributed by atoms with Gasteiger partial charge in [-0.2, -0.15) is 0 Å². The highest BCUT2D eigenvalue weighted by molar-refractivity contribution is 9.10. The zero-order chi connectivity index (χ0) is 21.3. The van der Waals surface area contributed by atoms with E-state index < -0.39 is 0 Å². The van der Waals surface area contributed by atoms with Crippen LogP contribution in [0.15, 0.2) is 33.3 Å². The molecule has 0 saturated heterocycles. The number of hydrogen-bond donors (Lipinski definition) is 0. The molecule has 0 amide bonds. The summed E-state index contributed by atoms with van der Waals surface area (Å²) in [6.07, 6.45) is 8.43. The lowest BCUT2D eigenvalue weighted by Gasteiger charge is -2.31. The third-order valence-corrected chi connectivity index (χ3v) is 7.41. The van der Waals surface area contributed by atoms with Crippen molar-refractivity contribution in [3.05, 3.63) is 50.0 Å². The molecule has 29 heavy (non-hydrogen) atoms. The number of carbonyl (C=O) groups is 2. The molecule has 0 spiro atoms. The fourth-order valence-electron chi connectivity index (χ4n) is 4.96. The molecule has 0 bridgehead atoms. The van der Waals surface area contributed by atoms with E-state index in [-0.39, 0.29) is 11.6 Å². The van der Waals surface area contributed by atoms with Crippen molar-refractivity contribution in [1.82, 2.24) is 0 Å². The van der Waals surface area contributed by atoms with Crippen LogP contribution >= 0.6 is 15.9 Å². The predicted octanol–water partition coefficient (Wildman–Crippen LogP) is 6.64. The first-order valence-corrected chi connectivity index (χ1v) is 11.5. The monoisotopic (exact) mass is 457 g/mol. The van der Waals surface area contributed by atoms with Gasteiger partial charge in [0.25, 0.3) is 0 Å². The molecular weight excluding hydrogens is 426 g/mol. The van der Waals surface area contributed by atoms with Gasteiger partial charge >= 0.3 is 0 Å². The van der Waals surface area contributed by atoms with E-state index >= 15 is 0 Å². The van der Waals surface area contributed by atoms with Crippen LogP contribution in [-0.4, -0.2) is 24.7 Å². The molecule has 4 heteroatoms. The van der Waals surface area contributed by atoms with Gasteiger partial charge in [-0.3, -0.25) is 9.59 Å². The minimum absolute atomic E-state index is 0.114. The molecule has 1 aromatic carbocycles. The van der Waals surface area contributed by atoms with Gasteiger partial charge < -0.3 is 4.90 Å². The molecule has 0 N–H and O–H groups in total. The smallest absolute Gasteiger partial charge is 0.163 e. The zero-order valence-electron chi connectivity index (χ0n) is 18.3. The van der Waals surface area contributed by atoms with Crippen LogP contribution < -0.4 is 4.90 Å². The summed E-state index contributed by atoms with van der Waals surface area (Å²) in [5.74, 6) is 0.280. The van der Waals surface area contributed by atoms with Crippen molar-refractivity contribution in [2.45, 2.75) is 78.7 Å². The summed E-state index contributed by atoms with van der Waals surface area (Å²) in [7, 11) is 2.16. The Kier molecular flexibility index (Phi) is 6.83. The molecule has 0 radical (unpaired) electrons. The molecule has 0 aromatic heterocycles. The predicted molar refractivity (Wildman–Crippen MR) is 124 cm³/mol. The Morgan fingerprint density at radius 1 is 1.14 bits per heavy atom. The van der Waals surface area contributed by atoms with E-state index in [0.29, 0.717) is 25.3 Å². The van der Waals surface area contributed by atoms with Crippen molar-refractivity contribution in [2.75, 3.05) is 11.9 Å². The largest absolute Gasteiger partial charge is 0.371 e. The van der Waals surface area contributed by atoms with E-state index in [4.69, 9.17) is 0 Å². The summed E-state index contributed by atoms with van der Waals surface area (Å²) in [6, 6.07) is 2.51. The average molecular weight is 458 g/mol. The normalized spacial score (nSPS) is 17.7. The maximum absolute atomic E-state index is 13.2. The van der Waals surface area contributed by atoms with Crippen molar-refractivity contribution in [3.63, 3.8) is 0 Å².